The molecule has 0 bridgehead atoms. The van der Waals surface area contributed by atoms with E-state index in [-0.39, 0.29) is 0 Å². The fourth-order valence-corrected chi connectivity index (χ4v) is 3.77. The van der Waals surface area contributed by atoms with Crippen LogP contribution in [0.25, 0.3) is 0 Å². The van der Waals surface area contributed by atoms with Gasteiger partial charge in [0.2, 0.25) is 0 Å². The van der Waals surface area contributed by atoms with E-state index < -0.39 is 0 Å². The second-order valence-corrected chi connectivity index (χ2v) is 7.10. The number of hydrogen-bond acceptors (Lipinski definition) is 5. The first kappa shape index (κ1) is 13.9. The lowest BCUT2D eigenvalue weighted by Gasteiger charge is -2.23. The Balaban J connectivity index is 1.45. The predicted octanol–water partition coefficient (Wildman–Crippen LogP) is 2.52. The summed E-state index contributed by atoms with van der Waals surface area (Å²) >= 11 is 3.44. The maximum Gasteiger partial charge on any atom is 0.132 e. The molecule has 4 rings (SSSR count). The van der Waals surface area contributed by atoms with Crippen LogP contribution < -0.4 is 9.80 Å². The van der Waals surface area contributed by atoms with Crippen LogP contribution in [0.3, 0.4) is 0 Å². The van der Waals surface area contributed by atoms with E-state index in [4.69, 9.17) is 0 Å². The van der Waals surface area contributed by atoms with Gasteiger partial charge in [-0.3, -0.25) is 0 Å². The molecule has 2 fully saturated rings. The normalized spacial score (nSPS) is 23.9. The second-order valence-electron chi connectivity index (χ2n) is 6.18. The highest BCUT2D eigenvalue weighted by atomic mass is 79.9. The van der Waals surface area contributed by atoms with Crippen LogP contribution in [0, 0.1) is 18.8 Å². The molecular formula is C16H18BrN5. The smallest absolute Gasteiger partial charge is 0.132 e. The van der Waals surface area contributed by atoms with Gasteiger partial charge in [0.25, 0.3) is 0 Å². The quantitative estimate of drug-likeness (QED) is 0.824. The van der Waals surface area contributed by atoms with Crippen molar-refractivity contribution in [3.8, 4) is 0 Å². The zero-order valence-corrected chi connectivity index (χ0v) is 14.1. The number of rotatable bonds is 2. The van der Waals surface area contributed by atoms with E-state index in [2.05, 4.69) is 58.9 Å². The van der Waals surface area contributed by atoms with Crippen LogP contribution in [-0.4, -0.2) is 41.1 Å². The number of pyridine rings is 1. The predicted molar refractivity (Wildman–Crippen MR) is 90.1 cm³/mol. The van der Waals surface area contributed by atoms with Crippen molar-refractivity contribution in [1.29, 1.82) is 0 Å². The van der Waals surface area contributed by atoms with E-state index in [1.807, 2.05) is 13.1 Å². The van der Waals surface area contributed by atoms with Gasteiger partial charge in [0.15, 0.2) is 0 Å². The van der Waals surface area contributed by atoms with Crippen molar-refractivity contribution < 1.29 is 0 Å². The van der Waals surface area contributed by atoms with E-state index in [1.165, 1.54) is 0 Å². The third kappa shape index (κ3) is 2.56. The molecule has 2 unspecified atom stereocenters. The molecule has 2 atom stereocenters. The molecule has 114 valence electrons. The molecule has 2 aromatic rings. The van der Waals surface area contributed by atoms with Crippen LogP contribution >= 0.6 is 15.9 Å². The van der Waals surface area contributed by atoms with Crippen molar-refractivity contribution >= 4 is 27.6 Å². The number of aromatic nitrogens is 3. The lowest BCUT2D eigenvalue weighted by atomic mass is 10.0. The molecule has 0 N–H and O–H groups in total. The summed E-state index contributed by atoms with van der Waals surface area (Å²) in [5, 5.41) is 0. The van der Waals surface area contributed by atoms with E-state index >= 15 is 0 Å². The van der Waals surface area contributed by atoms with Crippen molar-refractivity contribution in [3.63, 3.8) is 0 Å². The molecule has 2 aromatic heterocycles. The van der Waals surface area contributed by atoms with Crippen molar-refractivity contribution in [2.24, 2.45) is 11.8 Å². The summed E-state index contributed by atoms with van der Waals surface area (Å²) in [5.74, 6) is 3.54. The summed E-state index contributed by atoms with van der Waals surface area (Å²) in [6, 6.07) is 6.23. The molecule has 2 aliphatic heterocycles. The van der Waals surface area contributed by atoms with Crippen LogP contribution in [0.2, 0.25) is 0 Å². The Bertz CT molecular complexity index is 660. The molecule has 0 amide bonds. The number of fused-ring (bicyclic) bond motifs is 1. The van der Waals surface area contributed by atoms with Crippen LogP contribution in [0.1, 0.15) is 5.69 Å². The van der Waals surface area contributed by atoms with Gasteiger partial charge in [0.05, 0.1) is 0 Å². The van der Waals surface area contributed by atoms with E-state index in [1.54, 1.807) is 6.33 Å². The highest BCUT2D eigenvalue weighted by Gasteiger charge is 2.40. The Morgan fingerprint density at radius 3 is 2.23 bits per heavy atom. The zero-order chi connectivity index (χ0) is 15.1. The number of nitrogens with zero attached hydrogens (tertiary/aromatic N) is 5. The van der Waals surface area contributed by atoms with Gasteiger partial charge in [-0.15, -0.1) is 0 Å². The molecule has 22 heavy (non-hydrogen) atoms. The minimum atomic E-state index is 0.695. The Hall–Kier alpha value is -1.69. The molecule has 5 nitrogen and oxygen atoms in total. The minimum absolute atomic E-state index is 0.695. The van der Waals surface area contributed by atoms with Gasteiger partial charge in [-0.2, -0.15) is 0 Å². The van der Waals surface area contributed by atoms with Gasteiger partial charge in [-0.25, -0.2) is 15.0 Å². The molecule has 0 saturated carbocycles. The number of hydrogen-bond donors (Lipinski definition) is 0. The standard InChI is InChI=1S/C16H18BrN5/c1-11-4-16(20-10-19-11)22-8-12-6-21(7-13(12)9-22)15-3-2-14(17)5-18-15/h2-5,10,12-13H,6-9H2,1H3. The molecular weight excluding hydrogens is 342 g/mol. The SMILES string of the molecule is Cc1cc(N2CC3CN(c4ccc(Br)cn4)CC3C2)ncn1. The molecule has 2 aliphatic rings. The summed E-state index contributed by atoms with van der Waals surface area (Å²) in [4.78, 5) is 17.9. The van der Waals surface area contributed by atoms with Gasteiger partial charge in [0.1, 0.15) is 18.0 Å². The fourth-order valence-electron chi connectivity index (χ4n) is 3.54. The number of halogens is 1. The van der Waals surface area contributed by atoms with Gasteiger partial charge in [-0.1, -0.05) is 0 Å². The lowest BCUT2D eigenvalue weighted by Crippen LogP contribution is -2.29. The Morgan fingerprint density at radius 1 is 0.955 bits per heavy atom. The first-order valence-electron chi connectivity index (χ1n) is 7.59. The monoisotopic (exact) mass is 359 g/mol. The number of anilines is 2. The maximum absolute atomic E-state index is 4.52. The summed E-state index contributed by atoms with van der Waals surface area (Å²) in [6.45, 7) is 6.34. The highest BCUT2D eigenvalue weighted by Crippen LogP contribution is 2.35. The maximum atomic E-state index is 4.52. The van der Waals surface area contributed by atoms with Gasteiger partial charge in [0, 0.05) is 60.4 Å². The largest absolute Gasteiger partial charge is 0.356 e. The molecule has 0 spiro atoms. The first-order chi connectivity index (χ1) is 10.7. The van der Waals surface area contributed by atoms with E-state index in [0.29, 0.717) is 11.8 Å². The van der Waals surface area contributed by atoms with Crippen LogP contribution in [0.4, 0.5) is 11.6 Å². The minimum Gasteiger partial charge on any atom is -0.356 e. The van der Waals surface area contributed by atoms with Crippen LogP contribution in [0.5, 0.6) is 0 Å². The third-order valence-electron chi connectivity index (χ3n) is 4.64. The van der Waals surface area contributed by atoms with Crippen molar-refractivity contribution in [2.45, 2.75) is 6.92 Å². The van der Waals surface area contributed by atoms with Gasteiger partial charge < -0.3 is 9.80 Å². The average molecular weight is 360 g/mol. The van der Waals surface area contributed by atoms with Crippen molar-refractivity contribution in [3.05, 3.63) is 40.9 Å². The Kier molecular flexibility index (Phi) is 3.48. The highest BCUT2D eigenvalue weighted by molar-refractivity contribution is 9.10. The molecule has 0 aliphatic carbocycles. The van der Waals surface area contributed by atoms with Crippen molar-refractivity contribution in [2.75, 3.05) is 36.0 Å². The summed E-state index contributed by atoms with van der Waals surface area (Å²) < 4.78 is 1.03. The fraction of sp³-hybridized carbons (Fsp3) is 0.438. The molecule has 0 radical (unpaired) electrons. The first-order valence-corrected chi connectivity index (χ1v) is 8.38. The Labute approximate surface area is 138 Å². The summed E-state index contributed by atoms with van der Waals surface area (Å²) in [6.07, 6.45) is 3.54. The molecule has 2 saturated heterocycles. The lowest BCUT2D eigenvalue weighted by molar-refractivity contribution is 0.533. The van der Waals surface area contributed by atoms with E-state index in [0.717, 1.165) is 48.0 Å². The second kappa shape index (κ2) is 5.50. The average Bonchev–Trinajstić information content (AvgIpc) is 3.06. The van der Waals surface area contributed by atoms with Crippen LogP contribution in [0.15, 0.2) is 35.2 Å². The topological polar surface area (TPSA) is 45.2 Å². The zero-order valence-electron chi connectivity index (χ0n) is 12.5. The molecule has 0 aromatic carbocycles. The third-order valence-corrected chi connectivity index (χ3v) is 5.10. The molecule has 6 heteroatoms. The number of aryl methyl sites for hydroxylation is 1. The summed E-state index contributed by atoms with van der Waals surface area (Å²) in [5.41, 5.74) is 1.03. The van der Waals surface area contributed by atoms with Crippen molar-refractivity contribution in [1.82, 2.24) is 15.0 Å². The summed E-state index contributed by atoms with van der Waals surface area (Å²) in [7, 11) is 0. The van der Waals surface area contributed by atoms with Gasteiger partial charge in [-0.05, 0) is 35.0 Å². The Morgan fingerprint density at radius 2 is 1.64 bits per heavy atom. The molecule has 4 heterocycles. The van der Waals surface area contributed by atoms with Gasteiger partial charge >= 0.3 is 0 Å². The van der Waals surface area contributed by atoms with Crippen LogP contribution in [-0.2, 0) is 0 Å². The van der Waals surface area contributed by atoms with E-state index in [9.17, 15) is 0 Å².